The number of thiophene rings is 1. The molecule has 1 N–H and O–H groups in total. The van der Waals surface area contributed by atoms with E-state index in [-0.39, 0.29) is 19.1 Å². The first-order chi connectivity index (χ1) is 14.9. The molecule has 0 spiro atoms. The third-order valence-electron chi connectivity index (χ3n) is 4.64. The van der Waals surface area contributed by atoms with Crippen LogP contribution in [0.5, 0.6) is 5.75 Å². The normalized spacial score (nSPS) is 10.6. The lowest BCUT2D eigenvalue weighted by atomic mass is 10.0. The number of benzene rings is 2. The molecule has 0 radical (unpaired) electrons. The highest BCUT2D eigenvalue weighted by Gasteiger charge is 2.25. The highest BCUT2D eigenvalue weighted by Crippen LogP contribution is 2.40. The van der Waals surface area contributed by atoms with Crippen LogP contribution in [0.4, 0.5) is 5.00 Å². The summed E-state index contributed by atoms with van der Waals surface area (Å²) in [5.74, 6) is -0.219. The van der Waals surface area contributed by atoms with Crippen molar-refractivity contribution in [3.8, 4) is 16.9 Å². The summed E-state index contributed by atoms with van der Waals surface area (Å²) in [6.45, 7) is 5.83. The van der Waals surface area contributed by atoms with Crippen LogP contribution in [0.15, 0.2) is 53.0 Å². The van der Waals surface area contributed by atoms with Crippen LogP contribution in [0.1, 0.15) is 34.6 Å². The predicted octanol–water partition coefficient (Wildman–Crippen LogP) is 6.24. The lowest BCUT2D eigenvalue weighted by Crippen LogP contribution is -2.21. The largest absolute Gasteiger partial charge is 0.483 e. The second-order valence-electron chi connectivity index (χ2n) is 6.78. The van der Waals surface area contributed by atoms with Crippen molar-refractivity contribution >= 4 is 44.1 Å². The molecular weight excluding hydrogens is 478 g/mol. The van der Waals surface area contributed by atoms with Gasteiger partial charge in [-0.25, -0.2) is 4.79 Å². The van der Waals surface area contributed by atoms with Gasteiger partial charge in [0.05, 0.1) is 11.1 Å². The Morgan fingerprint density at radius 1 is 1.10 bits per heavy atom. The zero-order valence-electron chi connectivity index (χ0n) is 17.7. The van der Waals surface area contributed by atoms with E-state index in [0.717, 1.165) is 26.9 Å². The summed E-state index contributed by atoms with van der Waals surface area (Å²) in [4.78, 5) is 26.3. The van der Waals surface area contributed by atoms with E-state index in [2.05, 4.69) is 28.2 Å². The van der Waals surface area contributed by atoms with Gasteiger partial charge in [-0.2, -0.15) is 0 Å². The van der Waals surface area contributed by atoms with Crippen LogP contribution < -0.4 is 10.1 Å². The van der Waals surface area contributed by atoms with Gasteiger partial charge < -0.3 is 14.8 Å². The third kappa shape index (κ3) is 5.54. The smallest absolute Gasteiger partial charge is 0.341 e. The molecule has 3 aromatic rings. The maximum absolute atomic E-state index is 12.7. The molecule has 1 amide bonds. The maximum atomic E-state index is 12.7. The van der Waals surface area contributed by atoms with Gasteiger partial charge in [-0.05, 0) is 59.5 Å². The number of carbonyl (C=O) groups excluding carboxylic acids is 2. The second kappa shape index (κ2) is 10.6. The molecule has 1 heterocycles. The number of rotatable bonds is 8. The van der Waals surface area contributed by atoms with Crippen LogP contribution in [0, 0.1) is 6.92 Å². The Balaban J connectivity index is 1.82. The number of esters is 1. The molecule has 0 aliphatic rings. The average molecular weight is 502 g/mol. The van der Waals surface area contributed by atoms with Crippen molar-refractivity contribution in [3.63, 3.8) is 0 Å². The van der Waals surface area contributed by atoms with E-state index >= 15 is 0 Å². The Morgan fingerprint density at radius 2 is 1.84 bits per heavy atom. The van der Waals surface area contributed by atoms with E-state index in [0.29, 0.717) is 16.3 Å². The summed E-state index contributed by atoms with van der Waals surface area (Å²) in [7, 11) is 0. The molecule has 0 aliphatic heterocycles. The van der Waals surface area contributed by atoms with Gasteiger partial charge >= 0.3 is 5.97 Å². The van der Waals surface area contributed by atoms with Crippen molar-refractivity contribution in [1.82, 2.24) is 0 Å². The van der Waals surface area contributed by atoms with E-state index in [9.17, 15) is 9.59 Å². The zero-order valence-corrected chi connectivity index (χ0v) is 20.1. The Labute approximate surface area is 194 Å². The molecule has 0 aliphatic carbocycles. The highest BCUT2D eigenvalue weighted by atomic mass is 79.9. The van der Waals surface area contributed by atoms with Crippen molar-refractivity contribution in [2.45, 2.75) is 27.2 Å². The first kappa shape index (κ1) is 23.0. The summed E-state index contributed by atoms with van der Waals surface area (Å²) in [6, 6.07) is 15.4. The Bertz CT molecular complexity index is 1080. The molecule has 0 fully saturated rings. The molecule has 0 saturated carbocycles. The molecule has 2 aromatic carbocycles. The monoisotopic (exact) mass is 501 g/mol. The molecule has 31 heavy (non-hydrogen) atoms. The number of ether oxygens (including phenoxy) is 2. The molecular formula is C24H24BrNO4S. The minimum atomic E-state index is -0.458. The average Bonchev–Trinajstić information content (AvgIpc) is 3.09. The van der Waals surface area contributed by atoms with Crippen molar-refractivity contribution in [1.29, 1.82) is 0 Å². The molecule has 0 saturated heterocycles. The molecule has 0 unspecified atom stereocenters. The minimum absolute atomic E-state index is 0.177. The van der Waals surface area contributed by atoms with E-state index in [4.69, 9.17) is 9.47 Å². The minimum Gasteiger partial charge on any atom is -0.483 e. The van der Waals surface area contributed by atoms with E-state index in [1.54, 1.807) is 6.92 Å². The number of nitrogens with one attached hydrogen (secondary N) is 1. The summed E-state index contributed by atoms with van der Waals surface area (Å²) in [6.07, 6.45) is 0.914. The fraction of sp³-hybridized carbons (Fsp3) is 0.250. The Hall–Kier alpha value is -2.64. The lowest BCUT2D eigenvalue weighted by Gasteiger charge is -2.11. The van der Waals surface area contributed by atoms with Crippen LogP contribution in [0.25, 0.3) is 11.1 Å². The number of hydrogen-bond acceptors (Lipinski definition) is 5. The number of halogens is 1. The zero-order chi connectivity index (χ0) is 22.4. The lowest BCUT2D eigenvalue weighted by molar-refractivity contribution is -0.118. The molecule has 3 rings (SSSR count). The molecule has 0 bridgehead atoms. The van der Waals surface area contributed by atoms with E-state index in [1.807, 2.05) is 55.5 Å². The van der Waals surface area contributed by atoms with E-state index < -0.39 is 5.97 Å². The van der Waals surface area contributed by atoms with Gasteiger partial charge in [-0.15, -0.1) is 11.3 Å². The van der Waals surface area contributed by atoms with Gasteiger partial charge in [0.15, 0.2) is 6.61 Å². The summed E-state index contributed by atoms with van der Waals surface area (Å²) in [5.41, 5.74) is 3.22. The van der Waals surface area contributed by atoms with Crippen LogP contribution in [-0.4, -0.2) is 25.1 Å². The van der Waals surface area contributed by atoms with Crippen molar-refractivity contribution in [2.75, 3.05) is 18.5 Å². The number of anilines is 1. The number of carbonyl (C=O) groups is 2. The maximum Gasteiger partial charge on any atom is 0.341 e. The first-order valence-corrected chi connectivity index (χ1v) is 11.6. The highest BCUT2D eigenvalue weighted by molar-refractivity contribution is 9.10. The van der Waals surface area contributed by atoms with Gasteiger partial charge in [-0.3, -0.25) is 4.79 Å². The number of hydrogen-bond donors (Lipinski definition) is 1. The number of aryl methyl sites for hydroxylation is 2. The van der Waals surface area contributed by atoms with E-state index in [1.165, 1.54) is 16.9 Å². The quantitative estimate of drug-likeness (QED) is 0.370. The summed E-state index contributed by atoms with van der Waals surface area (Å²) >= 11 is 4.83. The Morgan fingerprint density at radius 3 is 2.48 bits per heavy atom. The molecule has 162 valence electrons. The van der Waals surface area contributed by atoms with Crippen molar-refractivity contribution in [3.05, 3.63) is 69.0 Å². The van der Waals surface area contributed by atoms with Crippen LogP contribution in [0.3, 0.4) is 0 Å². The van der Waals surface area contributed by atoms with Crippen molar-refractivity contribution < 1.29 is 19.1 Å². The van der Waals surface area contributed by atoms with Crippen molar-refractivity contribution in [2.24, 2.45) is 0 Å². The fourth-order valence-corrected chi connectivity index (χ4v) is 4.79. The van der Waals surface area contributed by atoms with Gasteiger partial charge in [0.1, 0.15) is 16.3 Å². The Kier molecular flexibility index (Phi) is 7.87. The molecule has 5 nitrogen and oxygen atoms in total. The van der Waals surface area contributed by atoms with Gasteiger partial charge in [0, 0.05) is 10.4 Å². The summed E-state index contributed by atoms with van der Waals surface area (Å²) < 4.78 is 11.7. The van der Waals surface area contributed by atoms with Crippen LogP contribution >= 0.6 is 27.3 Å². The fourth-order valence-electron chi connectivity index (χ4n) is 3.17. The first-order valence-electron chi connectivity index (χ1n) is 10.0. The van der Waals surface area contributed by atoms with Gasteiger partial charge in [0.2, 0.25) is 0 Å². The predicted molar refractivity (Wildman–Crippen MR) is 128 cm³/mol. The topological polar surface area (TPSA) is 64.6 Å². The van der Waals surface area contributed by atoms with Crippen LogP contribution in [-0.2, 0) is 16.0 Å². The standard InChI is InChI=1S/C24H24BrNO4S/c1-4-16-11-12-19(18(25)13-16)30-14-20(27)26-23-22(24(28)29-5-2)21(15(3)31-23)17-9-7-6-8-10-17/h6-13H,4-5,14H2,1-3H3,(H,26,27). The van der Waals surface area contributed by atoms with Crippen LogP contribution in [0.2, 0.25) is 0 Å². The summed E-state index contributed by atoms with van der Waals surface area (Å²) in [5, 5.41) is 3.29. The SMILES string of the molecule is CCOC(=O)c1c(NC(=O)COc2ccc(CC)cc2Br)sc(C)c1-c1ccccc1. The third-order valence-corrected chi connectivity index (χ3v) is 6.28. The number of amides is 1. The molecule has 0 atom stereocenters. The van der Waals surface area contributed by atoms with Gasteiger partial charge in [0.25, 0.3) is 5.91 Å². The molecule has 7 heteroatoms. The second-order valence-corrected chi connectivity index (χ2v) is 8.86. The molecule has 1 aromatic heterocycles. The van der Waals surface area contributed by atoms with Gasteiger partial charge in [-0.1, -0.05) is 43.3 Å².